The highest BCUT2D eigenvalue weighted by Gasteiger charge is 2.15. The average molecular weight is 289 g/mol. The minimum Gasteiger partial charge on any atom is -0.479 e. The zero-order chi connectivity index (χ0) is 15.2. The Hall–Kier alpha value is -2.01. The van der Waals surface area contributed by atoms with Gasteiger partial charge in [0, 0.05) is 24.0 Å². The number of nitrogens with one attached hydrogen (secondary N) is 1. The molecule has 112 valence electrons. The SMILES string of the molecule is CCCNC(C)c1ccc(F)c(-c2nccnc2OC)c1. The van der Waals surface area contributed by atoms with Crippen LogP contribution in [0.25, 0.3) is 11.3 Å². The van der Waals surface area contributed by atoms with E-state index in [0.29, 0.717) is 17.1 Å². The van der Waals surface area contributed by atoms with Gasteiger partial charge in [0.05, 0.1) is 7.11 Å². The summed E-state index contributed by atoms with van der Waals surface area (Å²) in [4.78, 5) is 8.27. The second kappa shape index (κ2) is 7.13. The normalized spacial score (nSPS) is 12.2. The standard InChI is InChI=1S/C16H20FN3O/c1-4-7-18-11(2)12-5-6-14(17)13(10-12)15-16(21-3)20-9-8-19-15/h5-6,8-11,18H,4,7H2,1-3H3. The van der Waals surface area contributed by atoms with Crippen molar-refractivity contribution in [3.8, 4) is 17.1 Å². The molecule has 0 fully saturated rings. The summed E-state index contributed by atoms with van der Waals surface area (Å²) >= 11 is 0. The lowest BCUT2D eigenvalue weighted by molar-refractivity contribution is 0.397. The lowest BCUT2D eigenvalue weighted by Crippen LogP contribution is -2.19. The number of methoxy groups -OCH3 is 1. The van der Waals surface area contributed by atoms with Crippen molar-refractivity contribution in [2.75, 3.05) is 13.7 Å². The van der Waals surface area contributed by atoms with E-state index in [1.807, 2.05) is 0 Å². The molecule has 1 heterocycles. The van der Waals surface area contributed by atoms with Crippen LogP contribution in [0.3, 0.4) is 0 Å². The first kappa shape index (κ1) is 15.4. The molecule has 21 heavy (non-hydrogen) atoms. The van der Waals surface area contributed by atoms with E-state index in [2.05, 4.69) is 29.1 Å². The van der Waals surface area contributed by atoms with Crippen LogP contribution in [0.15, 0.2) is 30.6 Å². The number of hydrogen-bond acceptors (Lipinski definition) is 4. The van der Waals surface area contributed by atoms with Crippen LogP contribution in [0.4, 0.5) is 4.39 Å². The second-order valence-corrected chi connectivity index (χ2v) is 4.83. The van der Waals surface area contributed by atoms with Crippen LogP contribution in [0, 0.1) is 5.82 Å². The summed E-state index contributed by atoms with van der Waals surface area (Å²) in [5.41, 5.74) is 1.83. The summed E-state index contributed by atoms with van der Waals surface area (Å²) in [5, 5.41) is 3.39. The molecule has 0 aliphatic rings. The van der Waals surface area contributed by atoms with E-state index in [-0.39, 0.29) is 11.9 Å². The maximum atomic E-state index is 14.1. The second-order valence-electron chi connectivity index (χ2n) is 4.83. The van der Waals surface area contributed by atoms with Crippen molar-refractivity contribution in [2.24, 2.45) is 0 Å². The van der Waals surface area contributed by atoms with Crippen LogP contribution in [0.5, 0.6) is 5.88 Å². The molecule has 2 aromatic rings. The van der Waals surface area contributed by atoms with E-state index < -0.39 is 0 Å². The van der Waals surface area contributed by atoms with Gasteiger partial charge in [-0.15, -0.1) is 0 Å². The summed E-state index contributed by atoms with van der Waals surface area (Å²) < 4.78 is 19.3. The monoisotopic (exact) mass is 289 g/mol. The highest BCUT2D eigenvalue weighted by atomic mass is 19.1. The number of ether oxygens (including phenoxy) is 1. The highest BCUT2D eigenvalue weighted by Crippen LogP contribution is 2.29. The van der Waals surface area contributed by atoms with Gasteiger partial charge in [0.2, 0.25) is 5.88 Å². The van der Waals surface area contributed by atoms with Crippen molar-refractivity contribution in [3.63, 3.8) is 0 Å². The lowest BCUT2D eigenvalue weighted by atomic mass is 10.0. The van der Waals surface area contributed by atoms with Crippen LogP contribution >= 0.6 is 0 Å². The Morgan fingerprint density at radius 3 is 2.76 bits per heavy atom. The summed E-state index contributed by atoms with van der Waals surface area (Å²) in [6, 6.07) is 5.19. The molecular formula is C16H20FN3O. The molecule has 0 saturated heterocycles. The first-order valence-corrected chi connectivity index (χ1v) is 7.05. The third kappa shape index (κ3) is 3.55. The Labute approximate surface area is 124 Å². The topological polar surface area (TPSA) is 47.0 Å². The molecule has 1 unspecified atom stereocenters. The summed E-state index contributed by atoms with van der Waals surface area (Å²) in [7, 11) is 1.50. The lowest BCUT2D eigenvalue weighted by Gasteiger charge is -2.15. The quantitative estimate of drug-likeness (QED) is 0.886. The zero-order valence-electron chi connectivity index (χ0n) is 12.6. The molecular weight excluding hydrogens is 269 g/mol. The van der Waals surface area contributed by atoms with Gasteiger partial charge in [-0.05, 0) is 37.6 Å². The van der Waals surface area contributed by atoms with Crippen molar-refractivity contribution in [2.45, 2.75) is 26.3 Å². The van der Waals surface area contributed by atoms with Crippen LogP contribution in [0.1, 0.15) is 31.9 Å². The van der Waals surface area contributed by atoms with E-state index in [4.69, 9.17) is 4.74 Å². The van der Waals surface area contributed by atoms with Crippen LogP contribution in [0.2, 0.25) is 0 Å². The molecule has 0 radical (unpaired) electrons. The van der Waals surface area contributed by atoms with E-state index in [9.17, 15) is 4.39 Å². The smallest absolute Gasteiger partial charge is 0.240 e. The fourth-order valence-corrected chi connectivity index (χ4v) is 2.13. The van der Waals surface area contributed by atoms with E-state index in [1.165, 1.54) is 25.6 Å². The van der Waals surface area contributed by atoms with Crippen LogP contribution < -0.4 is 10.1 Å². The Balaban J connectivity index is 2.39. The Bertz CT molecular complexity index is 604. The van der Waals surface area contributed by atoms with Gasteiger partial charge in [-0.25, -0.2) is 14.4 Å². The number of nitrogens with zero attached hydrogens (tertiary/aromatic N) is 2. The third-order valence-corrected chi connectivity index (χ3v) is 3.30. The Morgan fingerprint density at radius 2 is 2.05 bits per heavy atom. The summed E-state index contributed by atoms with van der Waals surface area (Å²) in [5.74, 6) is -0.0111. The molecule has 1 N–H and O–H groups in total. The maximum absolute atomic E-state index is 14.1. The van der Waals surface area contributed by atoms with Gasteiger partial charge in [0.25, 0.3) is 0 Å². The summed E-state index contributed by atoms with van der Waals surface area (Å²) in [6.45, 7) is 5.09. The largest absolute Gasteiger partial charge is 0.479 e. The van der Waals surface area contributed by atoms with Crippen molar-refractivity contribution < 1.29 is 9.13 Å². The maximum Gasteiger partial charge on any atom is 0.240 e. The first-order chi connectivity index (χ1) is 10.2. The molecule has 0 saturated carbocycles. The first-order valence-electron chi connectivity index (χ1n) is 7.05. The van der Waals surface area contributed by atoms with Crippen LogP contribution in [-0.2, 0) is 0 Å². The molecule has 1 atom stereocenters. The van der Waals surface area contributed by atoms with Crippen molar-refractivity contribution in [1.29, 1.82) is 0 Å². The van der Waals surface area contributed by atoms with Gasteiger partial charge in [-0.2, -0.15) is 0 Å². The predicted molar refractivity (Wildman–Crippen MR) is 80.7 cm³/mol. The molecule has 5 heteroatoms. The summed E-state index contributed by atoms with van der Waals surface area (Å²) in [6.07, 6.45) is 4.11. The molecule has 1 aromatic heterocycles. The molecule has 0 amide bonds. The fourth-order valence-electron chi connectivity index (χ4n) is 2.13. The van der Waals surface area contributed by atoms with Gasteiger partial charge >= 0.3 is 0 Å². The number of halogens is 1. The molecule has 1 aromatic carbocycles. The molecule has 0 aliphatic heterocycles. The van der Waals surface area contributed by atoms with Crippen molar-refractivity contribution in [1.82, 2.24) is 15.3 Å². The van der Waals surface area contributed by atoms with E-state index >= 15 is 0 Å². The number of aromatic nitrogens is 2. The molecule has 0 spiro atoms. The van der Waals surface area contributed by atoms with Gasteiger partial charge in [-0.3, -0.25) is 0 Å². The minimum absolute atomic E-state index is 0.145. The zero-order valence-corrected chi connectivity index (χ0v) is 12.6. The molecule has 0 aliphatic carbocycles. The van der Waals surface area contributed by atoms with Crippen LogP contribution in [-0.4, -0.2) is 23.6 Å². The van der Waals surface area contributed by atoms with E-state index in [1.54, 1.807) is 12.1 Å². The Kier molecular flexibility index (Phi) is 5.22. The molecule has 0 bridgehead atoms. The number of rotatable bonds is 6. The van der Waals surface area contributed by atoms with Gasteiger partial charge < -0.3 is 10.1 Å². The highest BCUT2D eigenvalue weighted by molar-refractivity contribution is 5.65. The third-order valence-electron chi connectivity index (χ3n) is 3.30. The average Bonchev–Trinajstić information content (AvgIpc) is 2.53. The Morgan fingerprint density at radius 1 is 1.29 bits per heavy atom. The number of hydrogen-bond donors (Lipinski definition) is 1. The fraction of sp³-hybridized carbons (Fsp3) is 0.375. The molecule has 2 rings (SSSR count). The minimum atomic E-state index is -0.333. The van der Waals surface area contributed by atoms with E-state index in [0.717, 1.165) is 18.5 Å². The van der Waals surface area contributed by atoms with Gasteiger partial charge in [0.1, 0.15) is 11.5 Å². The van der Waals surface area contributed by atoms with Gasteiger partial charge in [0.15, 0.2) is 0 Å². The van der Waals surface area contributed by atoms with Gasteiger partial charge in [-0.1, -0.05) is 13.0 Å². The van der Waals surface area contributed by atoms with Crippen molar-refractivity contribution >= 4 is 0 Å². The number of benzene rings is 1. The predicted octanol–water partition coefficient (Wildman–Crippen LogP) is 3.35. The molecule has 4 nitrogen and oxygen atoms in total. The van der Waals surface area contributed by atoms with Crippen molar-refractivity contribution in [3.05, 3.63) is 42.0 Å².